The normalized spacial score (nSPS) is 16.5. The van der Waals surface area contributed by atoms with Crippen molar-refractivity contribution in [1.82, 2.24) is 20.8 Å². The van der Waals surface area contributed by atoms with Gasteiger partial charge in [0, 0.05) is 62.7 Å². The van der Waals surface area contributed by atoms with E-state index in [1.54, 1.807) is 31.2 Å². The molecule has 14 nitrogen and oxygen atoms in total. The van der Waals surface area contributed by atoms with Gasteiger partial charge in [0.1, 0.15) is 6.61 Å². The van der Waals surface area contributed by atoms with Crippen LogP contribution in [0.5, 0.6) is 0 Å². The van der Waals surface area contributed by atoms with Gasteiger partial charge in [-0.15, -0.1) is 0 Å². The van der Waals surface area contributed by atoms with Crippen LogP contribution in [0.25, 0.3) is 11.1 Å². The van der Waals surface area contributed by atoms with Crippen molar-refractivity contribution in [3.05, 3.63) is 89.5 Å². The Hall–Kier alpha value is -4.83. The first-order valence-corrected chi connectivity index (χ1v) is 22.1. The molecule has 0 saturated heterocycles. The van der Waals surface area contributed by atoms with Crippen molar-refractivity contribution < 1.29 is 41.7 Å². The molecule has 3 amide bonds. The smallest absolute Gasteiger partial charge is 0.407 e. The van der Waals surface area contributed by atoms with E-state index >= 15 is 0 Å². The number of hydrogen-bond acceptors (Lipinski definition) is 10. The van der Waals surface area contributed by atoms with Crippen LogP contribution in [-0.2, 0) is 38.6 Å². The van der Waals surface area contributed by atoms with Crippen LogP contribution in [0.15, 0.2) is 82.8 Å². The number of nitrogens with zero attached hydrogens (tertiary/aromatic N) is 1. The first-order valence-electron chi connectivity index (χ1n) is 20.6. The number of rotatable bonds is 24. The third-order valence-electron chi connectivity index (χ3n) is 10.5. The van der Waals surface area contributed by atoms with Gasteiger partial charge >= 0.3 is 6.09 Å². The molecule has 2 aliphatic rings. The number of ether oxygens (including phenoxy) is 4. The van der Waals surface area contributed by atoms with Crippen molar-refractivity contribution in [1.29, 1.82) is 0 Å². The second kappa shape index (κ2) is 23.7. The lowest BCUT2D eigenvalue weighted by Crippen LogP contribution is -2.40. The first-order chi connectivity index (χ1) is 28.6. The lowest BCUT2D eigenvalue weighted by atomic mass is 9.83. The highest BCUT2D eigenvalue weighted by Crippen LogP contribution is 2.44. The van der Waals surface area contributed by atoms with Gasteiger partial charge in [-0.05, 0) is 80.3 Å². The molecule has 1 saturated carbocycles. The standard InChI is InChI=1S/C44H59N5O9S/c1-32-16-18-36(19-17-32)59(53,54)49-48-33(2)34-10-7-11-35(30-34)47-43(51)21-20-42(50)45-22-8-24-55-26-28-57-29-27-56-25-9-23-46-44(52)58-31-41-39-14-5-3-12-37(39)38-13-4-6-15-40(38)41/h3-6,12-19,34-35,41,49H,7-11,20-31H2,1-2H3,(H,45,50)(H,46,52)(H,47,51)/b48-33+. The van der Waals surface area contributed by atoms with E-state index in [2.05, 4.69) is 50.1 Å². The van der Waals surface area contributed by atoms with E-state index in [0.717, 1.165) is 24.8 Å². The summed E-state index contributed by atoms with van der Waals surface area (Å²) in [7, 11) is -3.76. The van der Waals surface area contributed by atoms with E-state index < -0.39 is 16.1 Å². The van der Waals surface area contributed by atoms with Crippen molar-refractivity contribution in [3.63, 3.8) is 0 Å². The molecule has 3 aromatic rings. The van der Waals surface area contributed by atoms with E-state index in [9.17, 15) is 22.8 Å². The molecule has 0 aromatic heterocycles. The average molecular weight is 834 g/mol. The topological polar surface area (TPSA) is 183 Å². The summed E-state index contributed by atoms with van der Waals surface area (Å²) in [6.45, 7) is 7.55. The summed E-state index contributed by atoms with van der Waals surface area (Å²) in [6, 6.07) is 23.0. The van der Waals surface area contributed by atoms with Crippen LogP contribution in [0.2, 0.25) is 0 Å². The van der Waals surface area contributed by atoms with Gasteiger partial charge in [0.2, 0.25) is 11.8 Å². The van der Waals surface area contributed by atoms with E-state index in [-0.39, 0.29) is 54.0 Å². The molecule has 5 rings (SSSR count). The number of hydrogen-bond donors (Lipinski definition) is 4. The fourth-order valence-electron chi connectivity index (χ4n) is 7.27. The second-order valence-corrected chi connectivity index (χ2v) is 16.6. The Balaban J connectivity index is 0.798. The molecule has 0 radical (unpaired) electrons. The molecule has 0 aliphatic heterocycles. The highest BCUT2D eigenvalue weighted by molar-refractivity contribution is 7.89. The van der Waals surface area contributed by atoms with Crippen molar-refractivity contribution in [3.8, 4) is 11.1 Å². The molecule has 0 heterocycles. The van der Waals surface area contributed by atoms with Gasteiger partial charge in [0.15, 0.2) is 0 Å². The molecule has 2 unspecified atom stereocenters. The van der Waals surface area contributed by atoms with E-state index in [1.807, 2.05) is 31.2 Å². The average Bonchev–Trinajstić information content (AvgIpc) is 3.56. The van der Waals surface area contributed by atoms with Gasteiger partial charge in [-0.2, -0.15) is 13.5 Å². The predicted molar refractivity (Wildman–Crippen MR) is 226 cm³/mol. The monoisotopic (exact) mass is 833 g/mol. The zero-order chi connectivity index (χ0) is 41.9. The Morgan fingerprint density at radius 1 is 0.729 bits per heavy atom. The van der Waals surface area contributed by atoms with Crippen LogP contribution in [-0.4, -0.2) is 97.4 Å². The lowest BCUT2D eigenvalue weighted by molar-refractivity contribution is -0.127. The molecule has 4 N–H and O–H groups in total. The quantitative estimate of drug-likeness (QED) is 0.0508. The highest BCUT2D eigenvalue weighted by Gasteiger charge is 2.29. The maximum atomic E-state index is 12.6. The summed E-state index contributed by atoms with van der Waals surface area (Å²) >= 11 is 0. The van der Waals surface area contributed by atoms with Crippen molar-refractivity contribution >= 4 is 33.6 Å². The number of hydrazone groups is 1. The molecule has 2 atom stereocenters. The Morgan fingerprint density at radius 3 is 1.95 bits per heavy atom. The maximum Gasteiger partial charge on any atom is 0.407 e. The Morgan fingerprint density at radius 2 is 1.31 bits per heavy atom. The minimum atomic E-state index is -3.76. The van der Waals surface area contributed by atoms with E-state index in [0.29, 0.717) is 77.7 Å². The summed E-state index contributed by atoms with van der Waals surface area (Å²) in [5, 5.41) is 12.8. The zero-order valence-corrected chi connectivity index (χ0v) is 35.0. The summed E-state index contributed by atoms with van der Waals surface area (Å²) in [5.41, 5.74) is 6.39. The fraction of sp³-hybridized carbons (Fsp3) is 0.500. The van der Waals surface area contributed by atoms with Crippen LogP contribution < -0.4 is 20.8 Å². The number of carbonyl (C=O) groups is 3. The van der Waals surface area contributed by atoms with Crippen molar-refractivity contribution in [2.24, 2.45) is 11.0 Å². The van der Waals surface area contributed by atoms with Gasteiger partial charge in [0.05, 0.1) is 31.3 Å². The number of amides is 3. The number of sulfonamides is 1. The third kappa shape index (κ3) is 14.7. The number of fused-ring (bicyclic) bond motifs is 3. The summed E-state index contributed by atoms with van der Waals surface area (Å²) in [6.07, 6.45) is 4.25. The molecule has 3 aromatic carbocycles. The van der Waals surface area contributed by atoms with Gasteiger partial charge in [0.25, 0.3) is 10.0 Å². The molecule has 0 spiro atoms. The van der Waals surface area contributed by atoms with Gasteiger partial charge in [-0.3, -0.25) is 9.59 Å². The molecular weight excluding hydrogens is 775 g/mol. The largest absolute Gasteiger partial charge is 0.449 e. The summed E-state index contributed by atoms with van der Waals surface area (Å²) in [5.74, 6) is -0.307. The van der Waals surface area contributed by atoms with Gasteiger partial charge in [-0.1, -0.05) is 72.6 Å². The lowest BCUT2D eigenvalue weighted by Gasteiger charge is -2.29. The van der Waals surface area contributed by atoms with Crippen LogP contribution in [0.3, 0.4) is 0 Å². The summed E-state index contributed by atoms with van der Waals surface area (Å²) < 4.78 is 47.5. The maximum absolute atomic E-state index is 12.6. The fourth-order valence-corrected chi connectivity index (χ4v) is 8.13. The van der Waals surface area contributed by atoms with Crippen LogP contribution in [0, 0.1) is 12.8 Å². The highest BCUT2D eigenvalue weighted by atomic mass is 32.2. The number of nitrogens with one attached hydrogen (secondary N) is 4. The van der Waals surface area contributed by atoms with Gasteiger partial charge < -0.3 is 34.9 Å². The third-order valence-corrected chi connectivity index (χ3v) is 11.7. The van der Waals surface area contributed by atoms with Crippen LogP contribution in [0.4, 0.5) is 4.79 Å². The Bertz CT molecular complexity index is 1910. The molecule has 320 valence electrons. The van der Waals surface area contributed by atoms with Gasteiger partial charge in [-0.25, -0.2) is 9.63 Å². The zero-order valence-electron chi connectivity index (χ0n) is 34.2. The van der Waals surface area contributed by atoms with E-state index in [4.69, 9.17) is 18.9 Å². The second-order valence-electron chi connectivity index (χ2n) is 14.9. The predicted octanol–water partition coefficient (Wildman–Crippen LogP) is 5.59. The molecule has 15 heteroatoms. The number of aryl methyl sites for hydroxylation is 1. The van der Waals surface area contributed by atoms with Crippen LogP contribution in [0.1, 0.15) is 80.9 Å². The molecule has 1 fully saturated rings. The summed E-state index contributed by atoms with van der Waals surface area (Å²) in [4.78, 5) is 39.7. The Kier molecular flexibility index (Phi) is 18.2. The van der Waals surface area contributed by atoms with Crippen molar-refractivity contribution in [2.75, 3.05) is 59.3 Å². The SMILES string of the molecule is C/C(=N\NS(=O)(=O)c1ccc(C)cc1)C1CCCC(NC(=O)CCC(=O)NCCCOCCOCCOCCCNC(=O)OCC2c3ccccc3-c3ccccc32)C1. The first kappa shape index (κ1) is 45.3. The molecule has 2 aliphatic carbocycles. The number of carbonyl (C=O) groups excluding carboxylic acids is 3. The van der Waals surface area contributed by atoms with Crippen molar-refractivity contribution in [2.45, 2.75) is 82.1 Å². The minimum absolute atomic E-state index is 0.0295. The number of benzene rings is 3. The minimum Gasteiger partial charge on any atom is -0.449 e. The van der Waals surface area contributed by atoms with E-state index in [1.165, 1.54) is 22.3 Å². The molecular formula is C44H59N5O9S. The Labute approximate surface area is 348 Å². The van der Waals surface area contributed by atoms with Crippen LogP contribution >= 0.6 is 0 Å². The number of alkyl carbamates (subject to hydrolysis) is 1. The molecule has 59 heavy (non-hydrogen) atoms. The molecule has 0 bridgehead atoms.